The minimum atomic E-state index is -0.0757. The highest BCUT2D eigenvalue weighted by Gasteiger charge is 2.13. The standard InChI is InChI=1S/C11H17NO2S/c1-7-5-10(9(3)15-7)8(2)12-11(13)6-14-4/h5,8H,6H2,1-4H3,(H,12,13)/t8-/m0/s1. The number of hydrogen-bond donors (Lipinski definition) is 1. The third-order valence-electron chi connectivity index (χ3n) is 2.20. The first-order valence-corrected chi connectivity index (χ1v) is 5.71. The van der Waals surface area contributed by atoms with Gasteiger partial charge in [-0.2, -0.15) is 0 Å². The van der Waals surface area contributed by atoms with E-state index in [4.69, 9.17) is 4.74 Å². The second-order valence-corrected chi connectivity index (χ2v) is 5.05. The van der Waals surface area contributed by atoms with Crippen LogP contribution in [0.4, 0.5) is 0 Å². The molecular formula is C11H17NO2S. The monoisotopic (exact) mass is 227 g/mol. The Balaban J connectivity index is 2.64. The fraction of sp³-hybridized carbons (Fsp3) is 0.545. The lowest BCUT2D eigenvalue weighted by atomic mass is 10.1. The number of carbonyl (C=O) groups excluding carboxylic acids is 1. The Morgan fingerprint density at radius 2 is 2.27 bits per heavy atom. The average Bonchev–Trinajstić information content (AvgIpc) is 2.45. The van der Waals surface area contributed by atoms with Gasteiger partial charge in [-0.15, -0.1) is 11.3 Å². The van der Waals surface area contributed by atoms with Crippen LogP contribution in [0.25, 0.3) is 0 Å². The smallest absolute Gasteiger partial charge is 0.246 e. The molecule has 0 aliphatic carbocycles. The predicted octanol–water partition coefficient (Wildman–Crippen LogP) is 2.19. The topological polar surface area (TPSA) is 38.3 Å². The highest BCUT2D eigenvalue weighted by atomic mass is 32.1. The molecule has 0 radical (unpaired) electrons. The first-order valence-electron chi connectivity index (χ1n) is 4.89. The molecule has 0 aromatic carbocycles. The molecule has 0 spiro atoms. The second kappa shape index (κ2) is 5.28. The maximum Gasteiger partial charge on any atom is 0.246 e. The SMILES string of the molecule is COCC(=O)N[C@@H](C)c1cc(C)sc1C. The molecule has 1 aromatic rings. The molecule has 0 bridgehead atoms. The molecule has 0 fully saturated rings. The molecule has 1 N–H and O–H groups in total. The van der Waals surface area contributed by atoms with Crippen molar-refractivity contribution in [1.82, 2.24) is 5.32 Å². The van der Waals surface area contributed by atoms with Gasteiger partial charge in [-0.1, -0.05) is 0 Å². The fourth-order valence-corrected chi connectivity index (χ4v) is 2.59. The molecular weight excluding hydrogens is 210 g/mol. The number of amides is 1. The van der Waals surface area contributed by atoms with Gasteiger partial charge in [-0.05, 0) is 32.4 Å². The van der Waals surface area contributed by atoms with Crippen LogP contribution >= 0.6 is 11.3 Å². The van der Waals surface area contributed by atoms with Crippen LogP contribution in [0.15, 0.2) is 6.07 Å². The van der Waals surface area contributed by atoms with E-state index >= 15 is 0 Å². The fourth-order valence-electron chi connectivity index (χ4n) is 1.57. The number of carbonyl (C=O) groups is 1. The van der Waals surface area contributed by atoms with Crippen LogP contribution in [0.3, 0.4) is 0 Å². The number of ether oxygens (including phenoxy) is 1. The Morgan fingerprint density at radius 1 is 1.60 bits per heavy atom. The third-order valence-corrected chi connectivity index (χ3v) is 3.18. The van der Waals surface area contributed by atoms with Gasteiger partial charge >= 0.3 is 0 Å². The molecule has 1 heterocycles. The Kier molecular flexibility index (Phi) is 4.29. The summed E-state index contributed by atoms with van der Waals surface area (Å²) < 4.78 is 4.77. The molecule has 84 valence electrons. The van der Waals surface area contributed by atoms with Crippen LogP contribution in [0.2, 0.25) is 0 Å². The van der Waals surface area contributed by atoms with Gasteiger partial charge in [0.2, 0.25) is 5.91 Å². The van der Waals surface area contributed by atoms with Crippen LogP contribution < -0.4 is 5.32 Å². The Labute approximate surface area is 94.5 Å². The van der Waals surface area contributed by atoms with Gasteiger partial charge in [0.25, 0.3) is 0 Å². The average molecular weight is 227 g/mol. The molecule has 0 unspecified atom stereocenters. The van der Waals surface area contributed by atoms with Crippen molar-refractivity contribution in [3.8, 4) is 0 Å². The van der Waals surface area contributed by atoms with Crippen molar-refractivity contribution in [2.75, 3.05) is 13.7 Å². The first kappa shape index (κ1) is 12.2. The first-order chi connectivity index (χ1) is 7.04. The summed E-state index contributed by atoms with van der Waals surface area (Å²) in [6.45, 7) is 6.26. The molecule has 1 rings (SSSR count). The molecule has 1 atom stereocenters. The maximum atomic E-state index is 11.3. The van der Waals surface area contributed by atoms with Crippen molar-refractivity contribution in [1.29, 1.82) is 0 Å². The van der Waals surface area contributed by atoms with E-state index in [9.17, 15) is 4.79 Å². The van der Waals surface area contributed by atoms with E-state index in [-0.39, 0.29) is 18.6 Å². The number of thiophene rings is 1. The summed E-state index contributed by atoms with van der Waals surface area (Å²) in [7, 11) is 1.52. The van der Waals surface area contributed by atoms with Gasteiger partial charge in [-0.25, -0.2) is 0 Å². The van der Waals surface area contributed by atoms with Crippen molar-refractivity contribution >= 4 is 17.2 Å². The van der Waals surface area contributed by atoms with Crippen LogP contribution in [-0.4, -0.2) is 19.6 Å². The van der Waals surface area contributed by atoms with Crippen LogP contribution in [0, 0.1) is 13.8 Å². The second-order valence-electron chi connectivity index (χ2n) is 3.59. The van der Waals surface area contributed by atoms with E-state index in [1.807, 2.05) is 6.92 Å². The van der Waals surface area contributed by atoms with Crippen molar-refractivity contribution < 1.29 is 9.53 Å². The van der Waals surface area contributed by atoms with Gasteiger partial charge in [-0.3, -0.25) is 4.79 Å². The van der Waals surface area contributed by atoms with E-state index in [0.717, 1.165) is 0 Å². The highest BCUT2D eigenvalue weighted by Crippen LogP contribution is 2.25. The van der Waals surface area contributed by atoms with E-state index < -0.39 is 0 Å². The zero-order valence-corrected chi connectivity index (χ0v) is 10.4. The van der Waals surface area contributed by atoms with E-state index in [0.29, 0.717) is 0 Å². The largest absolute Gasteiger partial charge is 0.375 e. The molecule has 0 saturated carbocycles. The van der Waals surface area contributed by atoms with Gasteiger partial charge in [0.05, 0.1) is 6.04 Å². The van der Waals surface area contributed by atoms with Crippen molar-refractivity contribution in [3.63, 3.8) is 0 Å². The zero-order valence-electron chi connectivity index (χ0n) is 9.59. The molecule has 15 heavy (non-hydrogen) atoms. The minimum Gasteiger partial charge on any atom is -0.375 e. The zero-order chi connectivity index (χ0) is 11.4. The van der Waals surface area contributed by atoms with Crippen LogP contribution in [0.1, 0.15) is 28.3 Å². The summed E-state index contributed by atoms with van der Waals surface area (Å²) in [6.07, 6.45) is 0. The number of rotatable bonds is 4. The lowest BCUT2D eigenvalue weighted by Gasteiger charge is -2.13. The van der Waals surface area contributed by atoms with Gasteiger partial charge in [0.1, 0.15) is 6.61 Å². The summed E-state index contributed by atoms with van der Waals surface area (Å²) in [5.74, 6) is -0.0757. The van der Waals surface area contributed by atoms with Crippen molar-refractivity contribution in [2.24, 2.45) is 0 Å². The predicted molar refractivity (Wildman–Crippen MR) is 62.2 cm³/mol. The Hall–Kier alpha value is -0.870. The summed E-state index contributed by atoms with van der Waals surface area (Å²) in [6, 6.07) is 2.18. The molecule has 0 aliphatic rings. The lowest BCUT2D eigenvalue weighted by Crippen LogP contribution is -2.29. The van der Waals surface area contributed by atoms with E-state index in [1.54, 1.807) is 11.3 Å². The lowest BCUT2D eigenvalue weighted by molar-refractivity contribution is -0.125. The molecule has 0 saturated heterocycles. The molecule has 4 heteroatoms. The molecule has 0 aliphatic heterocycles. The molecule has 1 amide bonds. The molecule has 1 aromatic heterocycles. The van der Waals surface area contributed by atoms with Crippen molar-refractivity contribution in [2.45, 2.75) is 26.8 Å². The third kappa shape index (κ3) is 3.32. The highest BCUT2D eigenvalue weighted by molar-refractivity contribution is 7.12. The summed E-state index contributed by atoms with van der Waals surface area (Å²) in [4.78, 5) is 13.8. The van der Waals surface area contributed by atoms with Crippen LogP contribution in [0.5, 0.6) is 0 Å². The quantitative estimate of drug-likeness (QED) is 0.856. The number of nitrogens with one attached hydrogen (secondary N) is 1. The van der Waals surface area contributed by atoms with Crippen molar-refractivity contribution in [3.05, 3.63) is 21.4 Å². The Bertz CT molecular complexity index is 346. The van der Waals surface area contributed by atoms with Gasteiger partial charge < -0.3 is 10.1 Å². The minimum absolute atomic E-state index is 0.0533. The summed E-state index contributed by atoms with van der Waals surface area (Å²) in [5.41, 5.74) is 1.20. The van der Waals surface area contributed by atoms with E-state index in [1.165, 1.54) is 22.4 Å². The number of aryl methyl sites for hydroxylation is 2. The van der Waals surface area contributed by atoms with Crippen LogP contribution in [-0.2, 0) is 9.53 Å². The maximum absolute atomic E-state index is 11.3. The summed E-state index contributed by atoms with van der Waals surface area (Å²) in [5, 5.41) is 2.89. The Morgan fingerprint density at radius 3 is 2.73 bits per heavy atom. The normalized spacial score (nSPS) is 12.5. The molecule has 3 nitrogen and oxygen atoms in total. The number of methoxy groups -OCH3 is 1. The van der Waals surface area contributed by atoms with E-state index in [2.05, 4.69) is 25.2 Å². The van der Waals surface area contributed by atoms with Gasteiger partial charge in [0.15, 0.2) is 0 Å². The number of hydrogen-bond acceptors (Lipinski definition) is 3. The van der Waals surface area contributed by atoms with Gasteiger partial charge in [0, 0.05) is 16.9 Å². The summed E-state index contributed by atoms with van der Waals surface area (Å²) >= 11 is 1.76.